The average molecular weight is 537 g/mol. The molecule has 3 unspecified atom stereocenters. The fraction of sp³-hybridized carbons (Fsp3) is 0.462. The Kier molecular flexibility index (Phi) is 8.97. The minimum Gasteiger partial charge on any atom is -0.503 e. The van der Waals surface area contributed by atoms with Gasteiger partial charge in [0.2, 0.25) is 11.3 Å². The molecule has 0 bridgehead atoms. The third-order valence-corrected chi connectivity index (χ3v) is 7.16. The number of hydrogen-bond acceptors (Lipinski definition) is 6. The Morgan fingerprint density at radius 3 is 2.39 bits per heavy atom. The molecule has 0 spiro atoms. The maximum absolute atomic E-state index is 14.0. The molecule has 206 valence electrons. The van der Waals surface area contributed by atoms with E-state index in [1.807, 2.05) is 18.9 Å². The van der Waals surface area contributed by atoms with Crippen LogP contribution in [0, 0.1) is 23.4 Å². The molecule has 1 saturated heterocycles. The van der Waals surface area contributed by atoms with Crippen molar-refractivity contribution >= 4 is 18.1 Å². The number of rotatable bonds is 7. The highest BCUT2D eigenvalue weighted by atomic mass is 19.1. The molecule has 1 aliphatic heterocycles. The molecule has 0 saturated carbocycles. The largest absolute Gasteiger partial charge is 0.503 e. The van der Waals surface area contributed by atoms with E-state index in [1.54, 1.807) is 14.1 Å². The highest BCUT2D eigenvalue weighted by Gasteiger charge is 2.34. The molecule has 0 aliphatic carbocycles. The number of nitrogens with zero attached hydrogens (tertiary/aromatic N) is 3. The molecule has 12 heteroatoms. The third-order valence-electron chi connectivity index (χ3n) is 7.16. The van der Waals surface area contributed by atoms with Crippen LogP contribution in [-0.4, -0.2) is 71.3 Å². The van der Waals surface area contributed by atoms with Gasteiger partial charge in [0.15, 0.2) is 12.0 Å². The Labute approximate surface area is 217 Å². The molecule has 2 heterocycles. The van der Waals surface area contributed by atoms with E-state index in [0.717, 1.165) is 12.6 Å². The SMILES string of the molecule is CC1CCC(CC(=O)N(C)C)C(n2cc(C(=O)NCc3c(F)cc(F)cc3F)c(=O)c(O)c2C=O)CN1C. The quantitative estimate of drug-likeness (QED) is 0.526. The van der Waals surface area contributed by atoms with Crippen LogP contribution in [0.4, 0.5) is 13.2 Å². The standard InChI is InChI=1S/C26H31F3N4O5/c1-14-5-6-15(7-23(35)31(2)3)21(12-32(14)4)33-11-18(24(36)25(37)22(33)13-34)26(38)30-10-17-19(28)8-16(27)9-20(17)29/h8-9,11,13-15,21,37H,5-7,10,12H2,1-4H3,(H,30,38). The first-order valence-electron chi connectivity index (χ1n) is 12.1. The van der Waals surface area contributed by atoms with Crippen molar-refractivity contribution in [1.82, 2.24) is 19.7 Å². The zero-order valence-electron chi connectivity index (χ0n) is 21.6. The molecule has 2 aromatic rings. The number of likely N-dealkylation sites (tertiary alicyclic amines) is 1. The molecular weight excluding hydrogens is 505 g/mol. The number of pyridine rings is 1. The van der Waals surface area contributed by atoms with E-state index >= 15 is 0 Å². The second-order valence-electron chi connectivity index (χ2n) is 9.85. The lowest BCUT2D eigenvalue weighted by Gasteiger charge is -2.32. The Bertz CT molecular complexity index is 1270. The van der Waals surface area contributed by atoms with Gasteiger partial charge in [-0.1, -0.05) is 0 Å². The topological polar surface area (TPSA) is 112 Å². The molecule has 0 radical (unpaired) electrons. The number of benzene rings is 1. The highest BCUT2D eigenvalue weighted by Crippen LogP contribution is 2.34. The van der Waals surface area contributed by atoms with E-state index in [4.69, 9.17) is 0 Å². The van der Waals surface area contributed by atoms with Crippen molar-refractivity contribution in [2.24, 2.45) is 5.92 Å². The third kappa shape index (κ3) is 6.07. The van der Waals surface area contributed by atoms with Crippen LogP contribution < -0.4 is 10.7 Å². The summed E-state index contributed by atoms with van der Waals surface area (Å²) >= 11 is 0. The number of aromatic nitrogens is 1. The molecule has 9 nitrogen and oxygen atoms in total. The van der Waals surface area contributed by atoms with Gasteiger partial charge in [-0.05, 0) is 32.7 Å². The minimum atomic E-state index is -1.22. The van der Waals surface area contributed by atoms with Gasteiger partial charge in [-0.3, -0.25) is 19.2 Å². The van der Waals surface area contributed by atoms with Gasteiger partial charge in [0.25, 0.3) is 5.91 Å². The zero-order valence-corrected chi connectivity index (χ0v) is 21.6. The first-order valence-corrected chi connectivity index (χ1v) is 12.1. The predicted octanol–water partition coefficient (Wildman–Crippen LogP) is 2.46. The number of likely N-dealkylation sites (N-methyl/N-ethyl adjacent to an activating group) is 1. The van der Waals surface area contributed by atoms with Crippen molar-refractivity contribution in [3.05, 3.63) is 62.8 Å². The lowest BCUT2D eigenvalue weighted by atomic mass is 9.90. The number of nitrogens with one attached hydrogen (secondary N) is 1. The van der Waals surface area contributed by atoms with Crippen LogP contribution in [-0.2, 0) is 11.3 Å². The van der Waals surface area contributed by atoms with Gasteiger partial charge in [0.05, 0.1) is 0 Å². The maximum atomic E-state index is 14.0. The zero-order chi connectivity index (χ0) is 28.3. The molecular formula is C26H31F3N4O5. The summed E-state index contributed by atoms with van der Waals surface area (Å²) in [5.41, 5.74) is -2.67. The summed E-state index contributed by atoms with van der Waals surface area (Å²) in [7, 11) is 5.12. The number of amides is 2. The van der Waals surface area contributed by atoms with Gasteiger partial charge in [0.1, 0.15) is 28.7 Å². The van der Waals surface area contributed by atoms with E-state index in [2.05, 4.69) is 5.32 Å². The van der Waals surface area contributed by atoms with Crippen LogP contribution in [0.25, 0.3) is 0 Å². The summed E-state index contributed by atoms with van der Waals surface area (Å²) in [6.07, 6.45) is 2.92. The van der Waals surface area contributed by atoms with E-state index in [1.165, 1.54) is 9.47 Å². The number of aldehydes is 1. The van der Waals surface area contributed by atoms with Crippen LogP contribution in [0.5, 0.6) is 5.75 Å². The van der Waals surface area contributed by atoms with Crippen molar-refractivity contribution < 1.29 is 32.7 Å². The van der Waals surface area contributed by atoms with Gasteiger partial charge in [-0.15, -0.1) is 0 Å². The Morgan fingerprint density at radius 1 is 1.18 bits per heavy atom. The van der Waals surface area contributed by atoms with Gasteiger partial charge in [-0.2, -0.15) is 0 Å². The van der Waals surface area contributed by atoms with Crippen LogP contribution in [0.1, 0.15) is 58.6 Å². The summed E-state index contributed by atoms with van der Waals surface area (Å²) in [5.74, 6) is -6.02. The monoisotopic (exact) mass is 536 g/mol. The first-order chi connectivity index (χ1) is 17.8. The fourth-order valence-electron chi connectivity index (χ4n) is 4.64. The van der Waals surface area contributed by atoms with Gasteiger partial charge in [-0.25, -0.2) is 13.2 Å². The Morgan fingerprint density at radius 2 is 1.82 bits per heavy atom. The van der Waals surface area contributed by atoms with Crippen molar-refractivity contribution in [3.63, 3.8) is 0 Å². The summed E-state index contributed by atoms with van der Waals surface area (Å²) in [6.45, 7) is 1.67. The van der Waals surface area contributed by atoms with Crippen LogP contribution in [0.15, 0.2) is 23.1 Å². The van der Waals surface area contributed by atoms with Crippen molar-refractivity contribution in [2.45, 2.75) is 44.8 Å². The van der Waals surface area contributed by atoms with Crippen molar-refractivity contribution in [3.8, 4) is 5.75 Å². The van der Waals surface area contributed by atoms with E-state index < -0.39 is 58.3 Å². The minimum absolute atomic E-state index is 0.133. The van der Waals surface area contributed by atoms with E-state index in [0.29, 0.717) is 31.4 Å². The lowest BCUT2D eigenvalue weighted by molar-refractivity contribution is -0.130. The Hall–Kier alpha value is -3.67. The molecule has 3 atom stereocenters. The van der Waals surface area contributed by atoms with Crippen LogP contribution >= 0.6 is 0 Å². The second-order valence-corrected chi connectivity index (χ2v) is 9.85. The van der Waals surface area contributed by atoms with Crippen LogP contribution in [0.2, 0.25) is 0 Å². The maximum Gasteiger partial charge on any atom is 0.257 e. The molecule has 1 aromatic heterocycles. The summed E-state index contributed by atoms with van der Waals surface area (Å²) < 4.78 is 42.6. The molecule has 3 rings (SSSR count). The van der Waals surface area contributed by atoms with Gasteiger partial charge in [0, 0.05) is 69.6 Å². The molecule has 2 N–H and O–H groups in total. The van der Waals surface area contributed by atoms with E-state index in [-0.39, 0.29) is 30.0 Å². The predicted molar refractivity (Wildman–Crippen MR) is 132 cm³/mol. The number of carbonyl (C=O) groups is 3. The number of carbonyl (C=O) groups excluding carboxylic acids is 3. The first kappa shape index (κ1) is 28.9. The Balaban J connectivity index is 2.04. The highest BCUT2D eigenvalue weighted by molar-refractivity contribution is 5.95. The second kappa shape index (κ2) is 11.8. The summed E-state index contributed by atoms with van der Waals surface area (Å²) in [5, 5.41) is 12.8. The lowest BCUT2D eigenvalue weighted by Crippen LogP contribution is -2.37. The van der Waals surface area contributed by atoms with E-state index in [9.17, 15) is 37.5 Å². The van der Waals surface area contributed by atoms with Crippen molar-refractivity contribution in [2.75, 3.05) is 27.7 Å². The normalized spacial score (nSPS) is 20.0. The molecule has 1 aliphatic rings. The van der Waals surface area contributed by atoms with Crippen molar-refractivity contribution in [1.29, 1.82) is 0 Å². The smallest absolute Gasteiger partial charge is 0.257 e. The summed E-state index contributed by atoms with van der Waals surface area (Å²) in [6, 6.07) is 0.495. The number of aromatic hydroxyl groups is 1. The molecule has 1 aromatic carbocycles. The molecule has 1 fully saturated rings. The molecule has 38 heavy (non-hydrogen) atoms. The van der Waals surface area contributed by atoms with Gasteiger partial charge >= 0.3 is 0 Å². The number of hydrogen-bond donors (Lipinski definition) is 2. The summed E-state index contributed by atoms with van der Waals surface area (Å²) in [4.78, 5) is 53.8. The van der Waals surface area contributed by atoms with Gasteiger partial charge < -0.3 is 24.8 Å². The fourth-order valence-corrected chi connectivity index (χ4v) is 4.64. The number of halogens is 3. The molecule has 2 amide bonds. The van der Waals surface area contributed by atoms with Crippen LogP contribution in [0.3, 0.4) is 0 Å². The average Bonchev–Trinajstić information content (AvgIpc) is 2.98.